The van der Waals surface area contributed by atoms with Gasteiger partial charge in [-0.05, 0) is 57.3 Å². The second kappa shape index (κ2) is 8.71. The summed E-state index contributed by atoms with van der Waals surface area (Å²) in [5.74, 6) is -1.02. The lowest BCUT2D eigenvalue weighted by Crippen LogP contribution is -2.35. The minimum atomic E-state index is -0.745. The summed E-state index contributed by atoms with van der Waals surface area (Å²) in [7, 11) is 5.36. The predicted molar refractivity (Wildman–Crippen MR) is 125 cm³/mol. The lowest BCUT2D eigenvalue weighted by atomic mass is 9.96. The molecule has 1 aliphatic heterocycles. The summed E-state index contributed by atoms with van der Waals surface area (Å²) >= 11 is 0. The number of Topliss-reactive ketones (excluding diaryl/α,β-unsaturated/α-hetero) is 1. The van der Waals surface area contributed by atoms with Crippen molar-refractivity contribution >= 4 is 23.1 Å². The number of ether oxygens (including phenoxy) is 1. The van der Waals surface area contributed by atoms with Gasteiger partial charge in [-0.1, -0.05) is 18.2 Å². The van der Waals surface area contributed by atoms with E-state index in [9.17, 15) is 14.7 Å². The fraction of sp³-hybridized carbons (Fsp3) is 0.320. The zero-order valence-electron chi connectivity index (χ0n) is 19.5. The Labute approximate surface area is 192 Å². The van der Waals surface area contributed by atoms with Crippen LogP contribution in [0.25, 0.3) is 11.4 Å². The van der Waals surface area contributed by atoms with E-state index in [1.165, 1.54) is 4.90 Å². The van der Waals surface area contributed by atoms with E-state index in [0.29, 0.717) is 41.4 Å². The van der Waals surface area contributed by atoms with Crippen LogP contribution in [-0.2, 0) is 9.59 Å². The molecular formula is C25H28N4O4. The quantitative estimate of drug-likeness (QED) is 0.354. The largest absolute Gasteiger partial charge is 0.505 e. The summed E-state index contributed by atoms with van der Waals surface area (Å²) in [5.41, 5.74) is 3.34. The molecule has 2 aromatic heterocycles. The number of rotatable bonds is 6. The van der Waals surface area contributed by atoms with E-state index < -0.39 is 17.7 Å². The van der Waals surface area contributed by atoms with Crippen LogP contribution in [0.5, 0.6) is 5.75 Å². The molecule has 3 aromatic rings. The Bertz CT molecular complexity index is 1270. The molecule has 1 unspecified atom stereocenters. The van der Waals surface area contributed by atoms with E-state index in [1.54, 1.807) is 25.3 Å². The van der Waals surface area contributed by atoms with Gasteiger partial charge >= 0.3 is 0 Å². The number of fused-ring (bicyclic) bond motifs is 1. The molecule has 8 nitrogen and oxygen atoms in total. The molecule has 172 valence electrons. The first-order valence-corrected chi connectivity index (χ1v) is 10.8. The lowest BCUT2D eigenvalue weighted by Gasteiger charge is -2.26. The number of nitrogens with zero attached hydrogens (tertiary/aromatic N) is 4. The first kappa shape index (κ1) is 22.5. The van der Waals surface area contributed by atoms with Crippen LogP contribution in [0.3, 0.4) is 0 Å². The van der Waals surface area contributed by atoms with Crippen LogP contribution in [0.1, 0.15) is 28.6 Å². The maximum absolute atomic E-state index is 13.2. The van der Waals surface area contributed by atoms with Crippen LogP contribution in [0.4, 0.5) is 0 Å². The SMILES string of the molecule is COc1cccc(C2C(=C(O)c3nc4c(C)cccn4c3C)C(=O)C(=O)N2CCN(C)C)c1. The average Bonchev–Trinajstić information content (AvgIpc) is 3.27. The first-order valence-electron chi connectivity index (χ1n) is 10.8. The van der Waals surface area contributed by atoms with Gasteiger partial charge in [-0.3, -0.25) is 9.59 Å². The number of methoxy groups -OCH3 is 1. The monoisotopic (exact) mass is 448 g/mol. The summed E-state index contributed by atoms with van der Waals surface area (Å²) < 4.78 is 7.23. The average molecular weight is 449 g/mol. The van der Waals surface area contributed by atoms with Crippen LogP contribution >= 0.6 is 0 Å². The second-order valence-corrected chi connectivity index (χ2v) is 8.50. The van der Waals surface area contributed by atoms with Gasteiger partial charge in [0.2, 0.25) is 0 Å². The van der Waals surface area contributed by atoms with Gasteiger partial charge in [0.1, 0.15) is 17.1 Å². The van der Waals surface area contributed by atoms with Gasteiger partial charge in [-0.15, -0.1) is 0 Å². The highest BCUT2D eigenvalue weighted by atomic mass is 16.5. The highest BCUT2D eigenvalue weighted by Gasteiger charge is 2.46. The van der Waals surface area contributed by atoms with Gasteiger partial charge < -0.3 is 24.0 Å². The van der Waals surface area contributed by atoms with Crippen molar-refractivity contribution in [3.05, 3.63) is 70.7 Å². The predicted octanol–water partition coefficient (Wildman–Crippen LogP) is 2.94. The van der Waals surface area contributed by atoms with Gasteiger partial charge in [-0.2, -0.15) is 0 Å². The minimum absolute atomic E-state index is 0.0381. The van der Waals surface area contributed by atoms with E-state index in [0.717, 1.165) is 5.56 Å². The molecule has 1 atom stereocenters. The van der Waals surface area contributed by atoms with Crippen molar-refractivity contribution in [1.29, 1.82) is 0 Å². The molecule has 1 amide bonds. The number of hydrogen-bond acceptors (Lipinski definition) is 6. The van der Waals surface area contributed by atoms with Crippen molar-refractivity contribution in [1.82, 2.24) is 19.2 Å². The summed E-state index contributed by atoms with van der Waals surface area (Å²) in [6, 6.07) is 10.3. The van der Waals surface area contributed by atoms with Crippen LogP contribution in [0, 0.1) is 13.8 Å². The van der Waals surface area contributed by atoms with Crippen molar-refractivity contribution in [2.24, 2.45) is 0 Å². The number of ketones is 1. The van der Waals surface area contributed by atoms with Gasteiger partial charge in [0.05, 0.1) is 24.4 Å². The van der Waals surface area contributed by atoms with Gasteiger partial charge in [0.15, 0.2) is 5.76 Å². The molecule has 1 saturated heterocycles. The number of benzene rings is 1. The molecule has 4 rings (SSSR count). The molecule has 1 fully saturated rings. The maximum Gasteiger partial charge on any atom is 0.295 e. The Morgan fingerprint density at radius 2 is 1.94 bits per heavy atom. The van der Waals surface area contributed by atoms with Crippen LogP contribution in [0.15, 0.2) is 48.2 Å². The number of likely N-dealkylation sites (tertiary alicyclic amines) is 1. The maximum atomic E-state index is 13.2. The van der Waals surface area contributed by atoms with E-state index in [-0.39, 0.29) is 11.3 Å². The Balaban J connectivity index is 1.92. The Hall–Kier alpha value is -3.65. The van der Waals surface area contributed by atoms with Gasteiger partial charge in [-0.25, -0.2) is 4.98 Å². The van der Waals surface area contributed by atoms with Crippen molar-refractivity contribution in [3.8, 4) is 5.75 Å². The fourth-order valence-electron chi connectivity index (χ4n) is 4.25. The van der Waals surface area contributed by atoms with Crippen molar-refractivity contribution in [2.45, 2.75) is 19.9 Å². The zero-order valence-corrected chi connectivity index (χ0v) is 19.5. The number of aliphatic hydroxyl groups is 1. The highest BCUT2D eigenvalue weighted by molar-refractivity contribution is 6.46. The molecule has 8 heteroatoms. The number of amides is 1. The molecule has 1 aliphatic rings. The molecule has 0 aliphatic carbocycles. The highest BCUT2D eigenvalue weighted by Crippen LogP contribution is 2.40. The van der Waals surface area contributed by atoms with Crippen LogP contribution in [-0.4, -0.2) is 70.3 Å². The number of imidazole rings is 1. The van der Waals surface area contributed by atoms with Crippen molar-refractivity contribution < 1.29 is 19.4 Å². The Kier molecular flexibility index (Phi) is 5.95. The molecule has 0 saturated carbocycles. The first-order chi connectivity index (χ1) is 15.7. The van der Waals surface area contributed by atoms with Gasteiger partial charge in [0.25, 0.3) is 11.7 Å². The van der Waals surface area contributed by atoms with E-state index >= 15 is 0 Å². The molecule has 1 aromatic carbocycles. The summed E-state index contributed by atoms with van der Waals surface area (Å²) in [6.45, 7) is 4.67. The molecular weight excluding hydrogens is 420 g/mol. The Morgan fingerprint density at radius 1 is 1.18 bits per heavy atom. The van der Waals surface area contributed by atoms with Crippen molar-refractivity contribution in [2.75, 3.05) is 34.3 Å². The smallest absolute Gasteiger partial charge is 0.295 e. The zero-order chi connectivity index (χ0) is 23.9. The number of pyridine rings is 1. The third kappa shape index (κ3) is 3.87. The summed E-state index contributed by atoms with van der Waals surface area (Å²) in [5, 5.41) is 11.4. The number of aromatic nitrogens is 2. The molecule has 0 radical (unpaired) electrons. The number of carbonyl (C=O) groups excluding carboxylic acids is 2. The number of aryl methyl sites for hydroxylation is 2. The van der Waals surface area contributed by atoms with Crippen molar-refractivity contribution in [3.63, 3.8) is 0 Å². The third-order valence-corrected chi connectivity index (χ3v) is 6.05. The third-order valence-electron chi connectivity index (χ3n) is 6.05. The summed E-state index contributed by atoms with van der Waals surface area (Å²) in [6.07, 6.45) is 1.86. The fourth-order valence-corrected chi connectivity index (χ4v) is 4.25. The number of hydrogen-bond donors (Lipinski definition) is 1. The normalized spacial score (nSPS) is 18.0. The molecule has 0 bridgehead atoms. The second-order valence-electron chi connectivity index (χ2n) is 8.50. The molecule has 0 spiro atoms. The lowest BCUT2D eigenvalue weighted by molar-refractivity contribution is -0.140. The van der Waals surface area contributed by atoms with E-state index in [4.69, 9.17) is 4.74 Å². The molecule has 33 heavy (non-hydrogen) atoms. The van der Waals surface area contributed by atoms with Gasteiger partial charge in [0, 0.05) is 19.3 Å². The van der Waals surface area contributed by atoms with E-state index in [1.807, 2.05) is 61.6 Å². The number of likely N-dealkylation sites (N-methyl/N-ethyl adjacent to an activating group) is 1. The number of carbonyl (C=O) groups is 2. The minimum Gasteiger partial charge on any atom is -0.505 e. The standard InChI is InChI=1S/C25H28N4O4/c1-15-8-7-11-28-16(2)20(26-24(15)28)22(30)19-21(17-9-6-10-18(14-17)33-5)29(13-12-27(3)4)25(32)23(19)31/h6-11,14,21,30H,12-13H2,1-5H3. The van der Waals surface area contributed by atoms with E-state index in [2.05, 4.69) is 4.98 Å². The number of aliphatic hydroxyl groups excluding tert-OH is 1. The molecule has 1 N–H and O–H groups in total. The summed E-state index contributed by atoms with van der Waals surface area (Å²) in [4.78, 5) is 34.4. The topological polar surface area (TPSA) is 87.4 Å². The van der Waals surface area contributed by atoms with Crippen LogP contribution < -0.4 is 4.74 Å². The molecule has 3 heterocycles. The Morgan fingerprint density at radius 3 is 2.61 bits per heavy atom. The van der Waals surface area contributed by atoms with Crippen LogP contribution in [0.2, 0.25) is 0 Å².